The van der Waals surface area contributed by atoms with Gasteiger partial charge in [0.15, 0.2) is 0 Å². The predicted molar refractivity (Wildman–Crippen MR) is 96.2 cm³/mol. The van der Waals surface area contributed by atoms with Crippen molar-refractivity contribution in [2.45, 2.75) is 45.3 Å². The fraction of sp³-hybridized carbons (Fsp3) is 0.500. The van der Waals surface area contributed by atoms with Gasteiger partial charge >= 0.3 is 0 Å². The summed E-state index contributed by atoms with van der Waals surface area (Å²) in [4.78, 5) is 4.80. The van der Waals surface area contributed by atoms with Crippen LogP contribution < -0.4 is 5.32 Å². The second-order valence-electron chi connectivity index (χ2n) is 5.38. The summed E-state index contributed by atoms with van der Waals surface area (Å²) in [6.07, 6.45) is 5.07. The maximum atomic E-state index is 4.80. The number of unbranched alkanes of at least 4 members (excludes halogenated alkanes) is 2. The molecular formula is C18H26N2S. The zero-order valence-corrected chi connectivity index (χ0v) is 14.0. The Labute approximate surface area is 132 Å². The molecular weight excluding hydrogens is 276 g/mol. The standard InChI is InChI=1S/C18H26N2S/c1-3-5-8-12-21-14-16-13-15-9-6-7-10-17(15)20-18(16)19-11-4-2/h6-7,9-10,13H,3-5,8,11-12,14H2,1-2H3,(H,19,20). The van der Waals surface area contributed by atoms with Gasteiger partial charge in [-0.15, -0.1) is 0 Å². The van der Waals surface area contributed by atoms with Gasteiger partial charge in [-0.05, 0) is 30.7 Å². The Morgan fingerprint density at radius 1 is 1.10 bits per heavy atom. The molecule has 2 rings (SSSR count). The highest BCUT2D eigenvalue weighted by Crippen LogP contribution is 2.25. The molecule has 1 heterocycles. The number of aromatic nitrogens is 1. The Bertz CT molecular complexity index is 554. The first-order valence-electron chi connectivity index (χ1n) is 8.05. The molecule has 0 spiro atoms. The molecule has 1 aromatic heterocycles. The molecule has 3 heteroatoms. The number of fused-ring (bicyclic) bond motifs is 1. The molecule has 2 nitrogen and oxygen atoms in total. The molecule has 0 saturated heterocycles. The van der Waals surface area contributed by atoms with Crippen LogP contribution in [0.1, 0.15) is 45.1 Å². The molecule has 0 saturated carbocycles. The molecule has 1 N–H and O–H groups in total. The van der Waals surface area contributed by atoms with E-state index in [0.717, 1.165) is 30.1 Å². The second kappa shape index (κ2) is 8.93. The maximum Gasteiger partial charge on any atom is 0.130 e. The van der Waals surface area contributed by atoms with Crippen molar-refractivity contribution in [2.75, 3.05) is 17.6 Å². The van der Waals surface area contributed by atoms with Gasteiger partial charge in [-0.1, -0.05) is 44.9 Å². The maximum absolute atomic E-state index is 4.80. The van der Waals surface area contributed by atoms with Crippen molar-refractivity contribution in [3.8, 4) is 0 Å². The summed E-state index contributed by atoms with van der Waals surface area (Å²) in [6.45, 7) is 5.43. The van der Waals surface area contributed by atoms with Crippen LogP contribution in [0.15, 0.2) is 30.3 Å². The third-order valence-electron chi connectivity index (χ3n) is 3.50. The summed E-state index contributed by atoms with van der Waals surface area (Å²) in [5.41, 5.74) is 2.42. The van der Waals surface area contributed by atoms with Crippen molar-refractivity contribution in [2.24, 2.45) is 0 Å². The minimum absolute atomic E-state index is 0.985. The minimum atomic E-state index is 0.985. The average Bonchev–Trinajstić information content (AvgIpc) is 2.52. The number of rotatable bonds is 9. The number of anilines is 1. The van der Waals surface area contributed by atoms with Gasteiger partial charge in [-0.2, -0.15) is 11.8 Å². The molecule has 0 amide bonds. The SMILES string of the molecule is CCCCCSCc1cc2ccccc2nc1NCCC. The Morgan fingerprint density at radius 3 is 2.76 bits per heavy atom. The lowest BCUT2D eigenvalue weighted by molar-refractivity contribution is 0.778. The molecule has 0 aliphatic heterocycles. The van der Waals surface area contributed by atoms with Crippen LogP contribution in [0.3, 0.4) is 0 Å². The zero-order chi connectivity index (χ0) is 14.9. The van der Waals surface area contributed by atoms with E-state index in [-0.39, 0.29) is 0 Å². The number of nitrogens with zero attached hydrogens (tertiary/aromatic N) is 1. The summed E-state index contributed by atoms with van der Waals surface area (Å²) in [5.74, 6) is 3.36. The van der Waals surface area contributed by atoms with E-state index in [1.165, 1.54) is 36.0 Å². The lowest BCUT2D eigenvalue weighted by atomic mass is 10.1. The average molecular weight is 302 g/mol. The molecule has 0 aliphatic carbocycles. The predicted octanol–water partition coefficient (Wildman–Crippen LogP) is 5.48. The number of hydrogen-bond acceptors (Lipinski definition) is 3. The molecule has 0 bridgehead atoms. The topological polar surface area (TPSA) is 24.9 Å². The van der Waals surface area contributed by atoms with Crippen LogP contribution in [0, 0.1) is 0 Å². The smallest absolute Gasteiger partial charge is 0.130 e. The first-order chi connectivity index (χ1) is 10.3. The van der Waals surface area contributed by atoms with Crippen molar-refractivity contribution < 1.29 is 0 Å². The van der Waals surface area contributed by atoms with Crippen LogP contribution in [-0.4, -0.2) is 17.3 Å². The van der Waals surface area contributed by atoms with E-state index >= 15 is 0 Å². The van der Waals surface area contributed by atoms with Gasteiger partial charge in [0.1, 0.15) is 5.82 Å². The number of pyridine rings is 1. The summed E-state index contributed by atoms with van der Waals surface area (Å²) in [6, 6.07) is 10.7. The summed E-state index contributed by atoms with van der Waals surface area (Å²) >= 11 is 2.02. The molecule has 21 heavy (non-hydrogen) atoms. The highest BCUT2D eigenvalue weighted by atomic mass is 32.2. The molecule has 0 aliphatic rings. The van der Waals surface area contributed by atoms with Crippen molar-refractivity contribution in [1.82, 2.24) is 4.98 Å². The highest BCUT2D eigenvalue weighted by molar-refractivity contribution is 7.98. The normalized spacial score (nSPS) is 11.0. The van der Waals surface area contributed by atoms with E-state index in [2.05, 4.69) is 49.5 Å². The van der Waals surface area contributed by atoms with Crippen molar-refractivity contribution in [1.29, 1.82) is 0 Å². The van der Waals surface area contributed by atoms with E-state index in [1.807, 2.05) is 11.8 Å². The van der Waals surface area contributed by atoms with Crippen LogP contribution in [0.2, 0.25) is 0 Å². The molecule has 0 atom stereocenters. The van der Waals surface area contributed by atoms with Crippen molar-refractivity contribution in [3.63, 3.8) is 0 Å². The van der Waals surface area contributed by atoms with Gasteiger partial charge < -0.3 is 5.32 Å². The Kier molecular flexibility index (Phi) is 6.87. The third kappa shape index (κ3) is 4.92. The Balaban J connectivity index is 2.10. The van der Waals surface area contributed by atoms with Crippen LogP contribution in [0.25, 0.3) is 10.9 Å². The zero-order valence-electron chi connectivity index (χ0n) is 13.2. The highest BCUT2D eigenvalue weighted by Gasteiger charge is 2.06. The first kappa shape index (κ1) is 16.2. The fourth-order valence-corrected chi connectivity index (χ4v) is 3.30. The molecule has 0 fully saturated rings. The fourth-order valence-electron chi connectivity index (χ4n) is 2.30. The van der Waals surface area contributed by atoms with E-state index in [0.29, 0.717) is 0 Å². The molecule has 1 aromatic carbocycles. The van der Waals surface area contributed by atoms with E-state index < -0.39 is 0 Å². The van der Waals surface area contributed by atoms with Crippen LogP contribution in [0.4, 0.5) is 5.82 Å². The second-order valence-corrected chi connectivity index (χ2v) is 6.48. The van der Waals surface area contributed by atoms with Gasteiger partial charge in [0.25, 0.3) is 0 Å². The lowest BCUT2D eigenvalue weighted by Crippen LogP contribution is -2.05. The third-order valence-corrected chi connectivity index (χ3v) is 4.59. The summed E-state index contributed by atoms with van der Waals surface area (Å²) < 4.78 is 0. The van der Waals surface area contributed by atoms with Gasteiger partial charge in [0.2, 0.25) is 0 Å². The Morgan fingerprint density at radius 2 is 1.95 bits per heavy atom. The van der Waals surface area contributed by atoms with E-state index in [4.69, 9.17) is 4.98 Å². The van der Waals surface area contributed by atoms with Gasteiger partial charge in [-0.25, -0.2) is 4.98 Å². The number of benzene rings is 1. The van der Waals surface area contributed by atoms with E-state index in [1.54, 1.807) is 0 Å². The van der Waals surface area contributed by atoms with Gasteiger partial charge in [0, 0.05) is 23.2 Å². The molecule has 114 valence electrons. The molecule has 0 radical (unpaired) electrons. The molecule has 0 unspecified atom stereocenters. The van der Waals surface area contributed by atoms with Crippen LogP contribution in [0.5, 0.6) is 0 Å². The van der Waals surface area contributed by atoms with Crippen molar-refractivity contribution in [3.05, 3.63) is 35.9 Å². The monoisotopic (exact) mass is 302 g/mol. The van der Waals surface area contributed by atoms with Gasteiger partial charge in [-0.3, -0.25) is 0 Å². The van der Waals surface area contributed by atoms with E-state index in [9.17, 15) is 0 Å². The number of hydrogen-bond donors (Lipinski definition) is 1. The first-order valence-corrected chi connectivity index (χ1v) is 9.21. The minimum Gasteiger partial charge on any atom is -0.370 e. The quantitative estimate of drug-likeness (QED) is 0.621. The lowest BCUT2D eigenvalue weighted by Gasteiger charge is -2.12. The van der Waals surface area contributed by atoms with Gasteiger partial charge in [0.05, 0.1) is 5.52 Å². The van der Waals surface area contributed by atoms with Crippen molar-refractivity contribution >= 4 is 28.5 Å². The summed E-state index contributed by atoms with van der Waals surface area (Å²) in [7, 11) is 0. The summed E-state index contributed by atoms with van der Waals surface area (Å²) in [5, 5.41) is 4.72. The Hall–Kier alpha value is -1.22. The van der Waals surface area contributed by atoms with Crippen LogP contribution in [-0.2, 0) is 5.75 Å². The largest absolute Gasteiger partial charge is 0.370 e. The molecule has 2 aromatic rings. The number of thioether (sulfide) groups is 1. The number of nitrogens with one attached hydrogen (secondary N) is 1. The van der Waals surface area contributed by atoms with Crippen LogP contribution >= 0.6 is 11.8 Å². The number of para-hydroxylation sites is 1.